The number of aliphatic carboxylic acids is 2. The molecule has 3 aliphatic rings. The van der Waals surface area contributed by atoms with Gasteiger partial charge in [0.1, 0.15) is 0 Å². The molecule has 1 aromatic heterocycles. The van der Waals surface area contributed by atoms with Crippen LogP contribution in [0.1, 0.15) is 49.7 Å². The maximum absolute atomic E-state index is 13.0. The van der Waals surface area contributed by atoms with E-state index < -0.39 is 11.9 Å². The Bertz CT molecular complexity index is 1140. The third-order valence-corrected chi connectivity index (χ3v) is 7.18. The summed E-state index contributed by atoms with van der Waals surface area (Å²) < 4.78 is 0. The number of hydrogen-bond acceptors (Lipinski definition) is 4. The Balaban J connectivity index is 0.000000314. The highest BCUT2D eigenvalue weighted by Gasteiger charge is 2.36. The zero-order valence-electron chi connectivity index (χ0n) is 20.0. The number of amides is 1. The number of rotatable bonds is 4. The van der Waals surface area contributed by atoms with Gasteiger partial charge < -0.3 is 20.5 Å². The summed E-state index contributed by atoms with van der Waals surface area (Å²) in [5, 5.41) is 20.3. The molecule has 2 atom stereocenters. The number of nitrogens with one attached hydrogen (secondary N) is 2. The molecule has 186 valence electrons. The third-order valence-electron chi connectivity index (χ3n) is 7.18. The fourth-order valence-electron chi connectivity index (χ4n) is 5.49. The number of carbonyl (C=O) groups excluding carboxylic acids is 1. The second kappa shape index (κ2) is 10.9. The van der Waals surface area contributed by atoms with Crippen LogP contribution in [-0.4, -0.2) is 63.6 Å². The molecule has 1 saturated carbocycles. The first-order valence-electron chi connectivity index (χ1n) is 12.3. The van der Waals surface area contributed by atoms with E-state index in [1.54, 1.807) is 0 Å². The zero-order valence-corrected chi connectivity index (χ0v) is 20.0. The summed E-state index contributed by atoms with van der Waals surface area (Å²) in [7, 11) is 2.17. The van der Waals surface area contributed by atoms with Crippen molar-refractivity contribution in [3.63, 3.8) is 0 Å². The predicted octanol–water partition coefficient (Wildman–Crippen LogP) is 3.59. The van der Waals surface area contributed by atoms with Crippen LogP contribution in [0.2, 0.25) is 0 Å². The van der Waals surface area contributed by atoms with E-state index in [4.69, 9.17) is 10.2 Å². The average Bonchev–Trinajstić information content (AvgIpc) is 3.07. The monoisotopic (exact) mass is 479 g/mol. The Morgan fingerprint density at radius 2 is 1.74 bits per heavy atom. The highest BCUT2D eigenvalue weighted by molar-refractivity contribution is 5.99. The predicted molar refractivity (Wildman–Crippen MR) is 134 cm³/mol. The van der Waals surface area contributed by atoms with E-state index in [2.05, 4.69) is 52.7 Å². The molecule has 1 aliphatic heterocycles. The maximum Gasteiger partial charge on any atom is 0.328 e. The van der Waals surface area contributed by atoms with Crippen LogP contribution in [-0.2, 0) is 20.8 Å². The molecule has 2 aliphatic carbocycles. The average molecular weight is 480 g/mol. The lowest BCUT2D eigenvalue weighted by Gasteiger charge is -2.39. The number of nitrogens with zero attached hydrogens (tertiary/aromatic N) is 1. The van der Waals surface area contributed by atoms with Gasteiger partial charge in [0, 0.05) is 47.9 Å². The van der Waals surface area contributed by atoms with Crippen LogP contribution >= 0.6 is 0 Å². The van der Waals surface area contributed by atoms with Crippen molar-refractivity contribution >= 4 is 34.3 Å². The van der Waals surface area contributed by atoms with Crippen molar-refractivity contribution in [2.45, 2.75) is 57.0 Å². The molecule has 2 aromatic rings. The van der Waals surface area contributed by atoms with E-state index >= 15 is 0 Å². The Morgan fingerprint density at radius 1 is 1.06 bits per heavy atom. The Labute approximate surface area is 204 Å². The van der Waals surface area contributed by atoms with Crippen molar-refractivity contribution in [2.24, 2.45) is 5.92 Å². The van der Waals surface area contributed by atoms with Crippen LogP contribution in [0.15, 0.2) is 42.6 Å². The van der Waals surface area contributed by atoms with E-state index in [0.29, 0.717) is 24.2 Å². The van der Waals surface area contributed by atoms with Gasteiger partial charge in [0.15, 0.2) is 0 Å². The second-order valence-corrected chi connectivity index (χ2v) is 9.64. The summed E-state index contributed by atoms with van der Waals surface area (Å²) in [6, 6.07) is 7.23. The van der Waals surface area contributed by atoms with E-state index in [0.717, 1.165) is 25.8 Å². The summed E-state index contributed by atoms with van der Waals surface area (Å²) in [6.07, 6.45) is 14.0. The molecule has 5 rings (SSSR count). The molecule has 0 saturated heterocycles. The largest absolute Gasteiger partial charge is 0.478 e. The molecule has 1 fully saturated rings. The quantitative estimate of drug-likeness (QED) is 0.393. The van der Waals surface area contributed by atoms with Crippen molar-refractivity contribution < 1.29 is 24.6 Å². The number of aromatic amines is 1. The fourth-order valence-corrected chi connectivity index (χ4v) is 5.49. The standard InChI is InChI=1S/C23H29N3O.C4H4O4/c1-26-14-16(23(27)25-17-7-4-2-3-5-8-17)11-19-18-9-6-10-20-22(18)15(13-24-20)12-21(19)26;5-3(6)1-2-4(7)8/h6,9-11,13,16-17,21,24H,2-5,7-8,12,14H2,1H3,(H,25,27);1-2H,(H,5,6)(H,7,8)/b;2-1-/t16-,21?;/m1./s1. The summed E-state index contributed by atoms with van der Waals surface area (Å²) in [5.41, 5.74) is 5.24. The van der Waals surface area contributed by atoms with Gasteiger partial charge in [0.2, 0.25) is 5.91 Å². The van der Waals surface area contributed by atoms with Crippen molar-refractivity contribution in [3.05, 3.63) is 53.8 Å². The smallest absolute Gasteiger partial charge is 0.328 e. The van der Waals surface area contributed by atoms with Crippen LogP contribution in [0, 0.1) is 5.92 Å². The van der Waals surface area contributed by atoms with Gasteiger partial charge in [-0.2, -0.15) is 0 Å². The molecule has 8 nitrogen and oxygen atoms in total. The minimum Gasteiger partial charge on any atom is -0.478 e. The van der Waals surface area contributed by atoms with Crippen LogP contribution in [0.4, 0.5) is 0 Å². The summed E-state index contributed by atoms with van der Waals surface area (Å²) in [4.78, 5) is 37.9. The van der Waals surface area contributed by atoms with Crippen LogP contribution in [0.3, 0.4) is 0 Å². The van der Waals surface area contributed by atoms with Crippen molar-refractivity contribution in [1.29, 1.82) is 0 Å². The van der Waals surface area contributed by atoms with Crippen molar-refractivity contribution in [3.8, 4) is 0 Å². The third kappa shape index (κ3) is 5.82. The van der Waals surface area contributed by atoms with Crippen molar-refractivity contribution in [1.82, 2.24) is 15.2 Å². The highest BCUT2D eigenvalue weighted by Crippen LogP contribution is 2.40. The summed E-state index contributed by atoms with van der Waals surface area (Å²) >= 11 is 0. The molecule has 0 spiro atoms. The first-order valence-corrected chi connectivity index (χ1v) is 12.3. The number of carboxylic acids is 2. The molecular weight excluding hydrogens is 446 g/mol. The van der Waals surface area contributed by atoms with Gasteiger partial charge in [0.25, 0.3) is 0 Å². The molecule has 1 unspecified atom stereocenters. The maximum atomic E-state index is 13.0. The lowest BCUT2D eigenvalue weighted by Crippen LogP contribution is -2.48. The van der Waals surface area contributed by atoms with E-state index in [9.17, 15) is 14.4 Å². The summed E-state index contributed by atoms with van der Waals surface area (Å²) in [5.74, 6) is -2.35. The number of likely N-dealkylation sites (N-methyl/N-ethyl adjacent to an activating group) is 1. The molecule has 1 aromatic carbocycles. The molecular formula is C27H33N3O5. The van der Waals surface area contributed by atoms with Gasteiger partial charge in [-0.1, -0.05) is 43.9 Å². The molecule has 2 heterocycles. The van der Waals surface area contributed by atoms with Crippen LogP contribution in [0.5, 0.6) is 0 Å². The lowest BCUT2D eigenvalue weighted by molar-refractivity contribution is -0.134. The second-order valence-electron chi connectivity index (χ2n) is 9.64. The number of benzene rings is 1. The first kappa shape index (κ1) is 24.7. The van der Waals surface area contributed by atoms with Gasteiger partial charge in [-0.25, -0.2) is 9.59 Å². The number of hydrogen-bond donors (Lipinski definition) is 4. The van der Waals surface area contributed by atoms with Gasteiger partial charge in [-0.05, 0) is 49.1 Å². The molecule has 0 radical (unpaired) electrons. The number of H-pyrrole nitrogens is 1. The Hall–Kier alpha value is -3.39. The zero-order chi connectivity index (χ0) is 24.9. The van der Waals surface area contributed by atoms with Gasteiger partial charge in [0.05, 0.1) is 5.92 Å². The van der Waals surface area contributed by atoms with E-state index in [1.807, 2.05) is 0 Å². The van der Waals surface area contributed by atoms with E-state index in [1.165, 1.54) is 53.3 Å². The number of carboxylic acid groups (broad SMARTS) is 2. The van der Waals surface area contributed by atoms with Gasteiger partial charge >= 0.3 is 11.9 Å². The lowest BCUT2D eigenvalue weighted by atomic mass is 9.79. The number of aromatic nitrogens is 1. The molecule has 1 amide bonds. The minimum absolute atomic E-state index is 0.0553. The topological polar surface area (TPSA) is 123 Å². The normalized spacial score (nSPS) is 22.5. The molecule has 0 bridgehead atoms. The molecule has 35 heavy (non-hydrogen) atoms. The Kier molecular flexibility index (Phi) is 7.70. The number of carbonyl (C=O) groups is 3. The summed E-state index contributed by atoms with van der Waals surface area (Å²) in [6.45, 7) is 0.808. The number of fused-ring (bicyclic) bond motifs is 2. The highest BCUT2D eigenvalue weighted by atomic mass is 16.4. The van der Waals surface area contributed by atoms with Crippen LogP contribution in [0.25, 0.3) is 16.5 Å². The van der Waals surface area contributed by atoms with Gasteiger partial charge in [-0.15, -0.1) is 0 Å². The Morgan fingerprint density at radius 3 is 2.40 bits per heavy atom. The van der Waals surface area contributed by atoms with Crippen molar-refractivity contribution in [2.75, 3.05) is 13.6 Å². The fraction of sp³-hybridized carbons (Fsp3) is 0.444. The molecule has 8 heteroatoms. The van der Waals surface area contributed by atoms with Crippen LogP contribution < -0.4 is 5.32 Å². The van der Waals surface area contributed by atoms with Gasteiger partial charge in [-0.3, -0.25) is 9.69 Å². The first-order chi connectivity index (χ1) is 16.8. The molecule has 4 N–H and O–H groups in total. The minimum atomic E-state index is -1.26. The van der Waals surface area contributed by atoms with E-state index in [-0.39, 0.29) is 11.8 Å². The SMILES string of the molecule is CN1C[C@H](C(=O)NC2CCCCCC2)C=C2c3cccc4[nH]cc(c34)CC21.O=C(O)/C=C\C(=O)O.